The molecule has 2 aromatic carbocycles. The molecule has 0 unspecified atom stereocenters. The van der Waals surface area contributed by atoms with Crippen molar-refractivity contribution in [1.82, 2.24) is 14.9 Å². The zero-order valence-corrected chi connectivity index (χ0v) is 22.5. The van der Waals surface area contributed by atoms with E-state index in [0.29, 0.717) is 46.0 Å². The van der Waals surface area contributed by atoms with Crippen molar-refractivity contribution < 1.29 is 28.1 Å². The molecule has 4 aromatic rings. The fraction of sp³-hybridized carbons (Fsp3) is 0.323. The van der Waals surface area contributed by atoms with Crippen LogP contribution in [0.5, 0.6) is 23.0 Å². The molecular formula is C31H32FN3O5. The number of carbonyl (C=O) groups is 1. The first-order chi connectivity index (χ1) is 19.6. The van der Waals surface area contributed by atoms with Crippen molar-refractivity contribution >= 4 is 16.7 Å². The van der Waals surface area contributed by atoms with Crippen LogP contribution < -0.4 is 14.2 Å². The van der Waals surface area contributed by atoms with E-state index in [9.17, 15) is 4.79 Å². The van der Waals surface area contributed by atoms with Crippen molar-refractivity contribution in [3.05, 3.63) is 84.1 Å². The van der Waals surface area contributed by atoms with Crippen molar-refractivity contribution in [3.8, 4) is 23.0 Å². The summed E-state index contributed by atoms with van der Waals surface area (Å²) in [6.07, 6.45) is 4.44. The molecule has 2 aromatic heterocycles. The second-order valence-electron chi connectivity index (χ2n) is 9.57. The van der Waals surface area contributed by atoms with Crippen LogP contribution in [0.15, 0.2) is 67.0 Å². The van der Waals surface area contributed by atoms with E-state index in [-0.39, 0.29) is 24.4 Å². The van der Waals surface area contributed by atoms with E-state index in [2.05, 4.69) is 14.9 Å². The Morgan fingerprint density at radius 2 is 1.82 bits per heavy atom. The number of hydrogen-bond donors (Lipinski definition) is 0. The predicted octanol–water partition coefficient (Wildman–Crippen LogP) is 5.03. The van der Waals surface area contributed by atoms with E-state index >= 15 is 4.39 Å². The molecule has 40 heavy (non-hydrogen) atoms. The first-order valence-electron chi connectivity index (χ1n) is 13.4. The van der Waals surface area contributed by atoms with Crippen molar-refractivity contribution in [3.63, 3.8) is 0 Å². The first kappa shape index (κ1) is 27.5. The molecule has 0 spiro atoms. The Hall–Kier alpha value is -4.08. The van der Waals surface area contributed by atoms with E-state index in [4.69, 9.17) is 18.9 Å². The minimum Gasteiger partial charge on any atom is -0.493 e. The molecule has 0 saturated carbocycles. The number of benzene rings is 2. The van der Waals surface area contributed by atoms with Crippen LogP contribution in [0.3, 0.4) is 0 Å². The zero-order valence-electron chi connectivity index (χ0n) is 22.5. The molecule has 5 rings (SSSR count). The van der Waals surface area contributed by atoms with Crippen LogP contribution >= 0.6 is 0 Å². The van der Waals surface area contributed by atoms with Crippen LogP contribution in [0.1, 0.15) is 17.7 Å². The summed E-state index contributed by atoms with van der Waals surface area (Å²) in [6.45, 7) is 4.92. The van der Waals surface area contributed by atoms with Gasteiger partial charge in [0, 0.05) is 62.0 Å². The molecule has 1 saturated heterocycles. The number of ketones is 1. The van der Waals surface area contributed by atoms with Crippen LogP contribution in [0.4, 0.5) is 4.39 Å². The summed E-state index contributed by atoms with van der Waals surface area (Å²) in [5.41, 5.74) is 1.90. The predicted molar refractivity (Wildman–Crippen MR) is 149 cm³/mol. The minimum atomic E-state index is -0.555. The Bertz CT molecular complexity index is 1440. The van der Waals surface area contributed by atoms with Crippen molar-refractivity contribution in [2.75, 3.05) is 46.6 Å². The molecule has 1 fully saturated rings. The van der Waals surface area contributed by atoms with Gasteiger partial charge in [-0.05, 0) is 48.4 Å². The second-order valence-corrected chi connectivity index (χ2v) is 9.57. The van der Waals surface area contributed by atoms with E-state index in [1.807, 2.05) is 12.1 Å². The molecule has 208 valence electrons. The zero-order chi connectivity index (χ0) is 27.7. The van der Waals surface area contributed by atoms with Crippen molar-refractivity contribution in [2.24, 2.45) is 0 Å². The van der Waals surface area contributed by atoms with Gasteiger partial charge in [-0.15, -0.1) is 0 Å². The number of ether oxygens (including phenoxy) is 4. The van der Waals surface area contributed by atoms with Crippen molar-refractivity contribution in [1.29, 1.82) is 0 Å². The van der Waals surface area contributed by atoms with Crippen LogP contribution in [0, 0.1) is 5.82 Å². The largest absolute Gasteiger partial charge is 0.493 e. The quantitative estimate of drug-likeness (QED) is 0.230. The Kier molecular flexibility index (Phi) is 9.15. The standard InChI is InChI=1S/C31H32FN3O5/c1-37-30-20-25-27(21-31(30)39-14-4-11-35-12-15-38-16-13-35)34-10-8-28(25)40-29-7-6-22(18-26(29)32)17-24(36)19-23-5-2-3-9-33-23/h2-3,5-10,18,20-21H,4,11-17,19H2,1H3. The molecule has 0 bridgehead atoms. The Morgan fingerprint density at radius 1 is 0.950 bits per heavy atom. The maximum Gasteiger partial charge on any atom is 0.166 e. The lowest BCUT2D eigenvalue weighted by Gasteiger charge is -2.26. The average Bonchev–Trinajstić information content (AvgIpc) is 2.97. The maximum absolute atomic E-state index is 15.0. The van der Waals surface area contributed by atoms with Crippen LogP contribution in [0.2, 0.25) is 0 Å². The molecule has 1 aliphatic heterocycles. The number of pyridine rings is 2. The highest BCUT2D eigenvalue weighted by Gasteiger charge is 2.15. The molecular weight excluding hydrogens is 513 g/mol. The fourth-order valence-corrected chi connectivity index (χ4v) is 4.64. The third-order valence-corrected chi connectivity index (χ3v) is 6.69. The Balaban J connectivity index is 1.25. The SMILES string of the molecule is COc1cc2c(Oc3ccc(CC(=O)Cc4ccccn4)cc3F)ccnc2cc1OCCCN1CCOCC1. The number of methoxy groups -OCH3 is 1. The summed E-state index contributed by atoms with van der Waals surface area (Å²) >= 11 is 0. The summed E-state index contributed by atoms with van der Waals surface area (Å²) in [5.74, 6) is 1.01. The molecule has 0 aliphatic carbocycles. The Labute approximate surface area is 232 Å². The molecule has 0 amide bonds. The van der Waals surface area contributed by atoms with E-state index < -0.39 is 5.82 Å². The van der Waals surface area contributed by atoms with Crippen LogP contribution in [-0.2, 0) is 22.4 Å². The lowest BCUT2D eigenvalue weighted by atomic mass is 10.1. The van der Waals surface area contributed by atoms with Gasteiger partial charge in [0.05, 0.1) is 32.4 Å². The van der Waals surface area contributed by atoms with E-state index in [0.717, 1.165) is 39.3 Å². The van der Waals surface area contributed by atoms with Gasteiger partial charge in [0.1, 0.15) is 11.5 Å². The maximum atomic E-state index is 15.0. The number of rotatable bonds is 12. The van der Waals surface area contributed by atoms with Crippen LogP contribution in [-0.4, -0.2) is 67.2 Å². The summed E-state index contributed by atoms with van der Waals surface area (Å²) in [7, 11) is 1.58. The smallest absolute Gasteiger partial charge is 0.166 e. The number of carbonyl (C=O) groups excluding carboxylic acids is 1. The van der Waals surface area contributed by atoms with Crippen molar-refractivity contribution in [2.45, 2.75) is 19.3 Å². The van der Waals surface area contributed by atoms with Gasteiger partial charge in [-0.3, -0.25) is 19.7 Å². The normalized spacial score (nSPS) is 13.8. The lowest BCUT2D eigenvalue weighted by Crippen LogP contribution is -2.37. The molecule has 0 atom stereocenters. The van der Waals surface area contributed by atoms with E-state index in [1.165, 1.54) is 12.1 Å². The molecule has 3 heterocycles. The molecule has 0 N–H and O–H groups in total. The number of Topliss-reactive ketones (excluding diaryl/α,β-unsaturated/α-hetero) is 1. The Morgan fingerprint density at radius 3 is 2.60 bits per heavy atom. The first-order valence-corrected chi connectivity index (χ1v) is 13.4. The van der Waals surface area contributed by atoms with Gasteiger partial charge in [0.2, 0.25) is 0 Å². The molecule has 0 radical (unpaired) electrons. The topological polar surface area (TPSA) is 83.0 Å². The summed E-state index contributed by atoms with van der Waals surface area (Å²) in [4.78, 5) is 23.4. The van der Waals surface area contributed by atoms with Gasteiger partial charge in [0.25, 0.3) is 0 Å². The minimum absolute atomic E-state index is 0.0434. The highest BCUT2D eigenvalue weighted by molar-refractivity contribution is 5.88. The highest BCUT2D eigenvalue weighted by Crippen LogP contribution is 2.37. The molecule has 1 aliphatic rings. The third-order valence-electron chi connectivity index (χ3n) is 6.69. The summed E-state index contributed by atoms with van der Waals surface area (Å²) < 4.78 is 38.0. The fourth-order valence-electron chi connectivity index (χ4n) is 4.64. The number of aromatic nitrogens is 2. The summed E-state index contributed by atoms with van der Waals surface area (Å²) in [5, 5.41) is 0.661. The molecule has 8 nitrogen and oxygen atoms in total. The molecule has 9 heteroatoms. The number of fused-ring (bicyclic) bond motifs is 1. The van der Waals surface area contributed by atoms with Gasteiger partial charge >= 0.3 is 0 Å². The second kappa shape index (κ2) is 13.3. The number of morpholine rings is 1. The van der Waals surface area contributed by atoms with Crippen LogP contribution in [0.25, 0.3) is 10.9 Å². The monoisotopic (exact) mass is 545 g/mol. The highest BCUT2D eigenvalue weighted by atomic mass is 19.1. The number of halogens is 1. The van der Waals surface area contributed by atoms with Gasteiger partial charge < -0.3 is 18.9 Å². The van der Waals surface area contributed by atoms with Gasteiger partial charge in [-0.25, -0.2) is 4.39 Å². The number of nitrogens with zero attached hydrogens (tertiary/aromatic N) is 3. The number of hydrogen-bond acceptors (Lipinski definition) is 8. The van der Waals surface area contributed by atoms with Gasteiger partial charge in [0.15, 0.2) is 23.1 Å². The summed E-state index contributed by atoms with van der Waals surface area (Å²) in [6, 6.07) is 15.3. The lowest BCUT2D eigenvalue weighted by molar-refractivity contribution is -0.117. The van der Waals surface area contributed by atoms with E-state index in [1.54, 1.807) is 49.8 Å². The van der Waals surface area contributed by atoms with Gasteiger partial charge in [-0.2, -0.15) is 0 Å². The third kappa shape index (κ3) is 7.11. The van der Waals surface area contributed by atoms with Gasteiger partial charge in [-0.1, -0.05) is 12.1 Å². The average molecular weight is 546 g/mol.